The third-order valence-electron chi connectivity index (χ3n) is 0. The maximum atomic E-state index is 8.33. The van der Waals surface area contributed by atoms with E-state index in [1.165, 1.54) is 0 Å². The van der Waals surface area contributed by atoms with Crippen molar-refractivity contribution in [3.8, 4) is 0 Å². The summed E-state index contributed by atoms with van der Waals surface area (Å²) in [5.74, 6) is 0. The van der Waals surface area contributed by atoms with Crippen molar-refractivity contribution in [1.82, 2.24) is 0 Å². The van der Waals surface area contributed by atoms with Gasteiger partial charge < -0.3 is 15.0 Å². The van der Waals surface area contributed by atoms with E-state index in [4.69, 9.17) is 15.0 Å². The molecule has 0 aromatic heterocycles. The van der Waals surface area contributed by atoms with Crippen LogP contribution < -0.4 is 10.2 Å². The van der Waals surface area contributed by atoms with Crippen LogP contribution in [-0.4, -0.2) is 6.16 Å². The SMILES string of the molecule is O=C([O-])[O-].[Mn+2].[Nb+2]. The Kier molecular flexibility index (Phi) is 24.3. The van der Waals surface area contributed by atoms with Crippen molar-refractivity contribution >= 4 is 6.16 Å². The van der Waals surface area contributed by atoms with Gasteiger partial charge in [0.1, 0.15) is 0 Å². The summed E-state index contributed by atoms with van der Waals surface area (Å²) in [4.78, 5) is 8.33. The molecular formula is CMnNbO3+2. The Labute approximate surface area is 60.7 Å². The molecule has 0 N–H and O–H groups in total. The fraction of sp³-hybridized carbons (Fsp3) is 0. The third-order valence-corrected chi connectivity index (χ3v) is 0. The molecule has 0 aliphatic carbocycles. The van der Waals surface area contributed by atoms with E-state index in [1.807, 2.05) is 0 Å². The summed E-state index contributed by atoms with van der Waals surface area (Å²) >= 11 is 0. The molecule has 0 atom stereocenters. The molecule has 0 amide bonds. The van der Waals surface area contributed by atoms with Gasteiger partial charge in [0.15, 0.2) is 0 Å². The van der Waals surface area contributed by atoms with Crippen LogP contribution in [0.15, 0.2) is 0 Å². The van der Waals surface area contributed by atoms with Crippen molar-refractivity contribution in [3.63, 3.8) is 0 Å². The molecule has 0 unspecified atom stereocenters. The second kappa shape index (κ2) is 9.11. The van der Waals surface area contributed by atoms with Crippen LogP contribution in [0.25, 0.3) is 0 Å². The van der Waals surface area contributed by atoms with Gasteiger partial charge in [0, 0.05) is 0 Å². The van der Waals surface area contributed by atoms with Gasteiger partial charge in [0.2, 0.25) is 0 Å². The topological polar surface area (TPSA) is 63.2 Å². The van der Waals surface area contributed by atoms with Crippen LogP contribution in [-0.2, 0) is 39.4 Å². The van der Waals surface area contributed by atoms with E-state index in [-0.39, 0.29) is 39.4 Å². The van der Waals surface area contributed by atoms with Crippen LogP contribution in [0.1, 0.15) is 0 Å². The standard InChI is InChI=1S/CH2O3.Mn.Nb/c2-1(3)4;;/h(H2,2,3,4);;/q;2*+2/p-2. The summed E-state index contributed by atoms with van der Waals surface area (Å²) in [6, 6.07) is 0. The van der Waals surface area contributed by atoms with Gasteiger partial charge in [0.05, 0.1) is 0 Å². The van der Waals surface area contributed by atoms with Gasteiger partial charge in [-0.25, -0.2) is 0 Å². The molecule has 0 rings (SSSR count). The molecule has 2 radical (unpaired) electrons. The number of rotatable bonds is 0. The zero-order valence-electron chi connectivity index (χ0n) is 2.55. The zero-order chi connectivity index (χ0) is 3.58. The van der Waals surface area contributed by atoms with Crippen molar-refractivity contribution in [2.45, 2.75) is 0 Å². The van der Waals surface area contributed by atoms with Crippen LogP contribution >= 0.6 is 0 Å². The second-order valence-electron chi connectivity index (χ2n) is 0.250. The minimum absolute atomic E-state index is 0. The van der Waals surface area contributed by atoms with E-state index in [2.05, 4.69) is 0 Å². The monoisotopic (exact) mass is 208 g/mol. The van der Waals surface area contributed by atoms with Crippen molar-refractivity contribution in [2.24, 2.45) is 0 Å². The smallest absolute Gasteiger partial charge is 0.652 e. The van der Waals surface area contributed by atoms with Gasteiger partial charge in [0.25, 0.3) is 0 Å². The van der Waals surface area contributed by atoms with Crippen LogP contribution in [0.4, 0.5) is 4.79 Å². The van der Waals surface area contributed by atoms with E-state index in [0.29, 0.717) is 0 Å². The summed E-state index contributed by atoms with van der Waals surface area (Å²) in [6.07, 6.45) is -2.33. The van der Waals surface area contributed by atoms with Gasteiger partial charge in [-0.3, -0.25) is 0 Å². The van der Waals surface area contributed by atoms with E-state index in [0.717, 1.165) is 0 Å². The first kappa shape index (κ1) is 16.0. The predicted molar refractivity (Wildman–Crippen MR) is 5.40 cm³/mol. The van der Waals surface area contributed by atoms with Crippen molar-refractivity contribution in [2.75, 3.05) is 0 Å². The molecule has 6 heavy (non-hydrogen) atoms. The molecule has 5 heteroatoms. The van der Waals surface area contributed by atoms with Crippen molar-refractivity contribution < 1.29 is 54.5 Å². The maximum Gasteiger partial charge on any atom is 2.00 e. The molecule has 0 spiro atoms. The average molecular weight is 208 g/mol. The molecule has 32 valence electrons. The van der Waals surface area contributed by atoms with Crippen LogP contribution in [0.2, 0.25) is 0 Å². The molecule has 0 aliphatic heterocycles. The first-order valence-electron chi connectivity index (χ1n) is 0.612. The Morgan fingerprint density at radius 3 is 1.33 bits per heavy atom. The number of carbonyl (C=O) groups excluding carboxylic acids is 1. The predicted octanol–water partition coefficient (Wildman–Crippen LogP) is -2.45. The third kappa shape index (κ3) is 201. The van der Waals surface area contributed by atoms with E-state index in [9.17, 15) is 0 Å². The Morgan fingerprint density at radius 2 is 1.33 bits per heavy atom. The number of hydrogen-bond donors (Lipinski definition) is 0. The van der Waals surface area contributed by atoms with Crippen molar-refractivity contribution in [1.29, 1.82) is 0 Å². The van der Waals surface area contributed by atoms with Crippen LogP contribution in [0, 0.1) is 0 Å². The average Bonchev–Trinajstić information content (AvgIpc) is 0.811. The maximum absolute atomic E-state index is 8.33. The number of hydrogen-bond acceptors (Lipinski definition) is 3. The Bertz CT molecular complexity index is 33.8. The molecule has 0 aliphatic rings. The first-order chi connectivity index (χ1) is 1.73. The summed E-state index contributed by atoms with van der Waals surface area (Å²) in [5.41, 5.74) is 0. The summed E-state index contributed by atoms with van der Waals surface area (Å²) < 4.78 is 0. The van der Waals surface area contributed by atoms with E-state index < -0.39 is 6.16 Å². The van der Waals surface area contributed by atoms with Gasteiger partial charge in [-0.05, 0) is 6.16 Å². The normalized spacial score (nSPS) is 4.00. The largest absolute Gasteiger partial charge is 2.00 e. The Morgan fingerprint density at radius 1 is 1.33 bits per heavy atom. The van der Waals surface area contributed by atoms with Crippen LogP contribution in [0.5, 0.6) is 0 Å². The molecule has 0 heterocycles. The molecule has 3 nitrogen and oxygen atoms in total. The van der Waals surface area contributed by atoms with Crippen molar-refractivity contribution in [3.05, 3.63) is 0 Å². The minimum atomic E-state index is -2.33. The van der Waals surface area contributed by atoms with E-state index in [1.54, 1.807) is 0 Å². The summed E-state index contributed by atoms with van der Waals surface area (Å²) in [6.45, 7) is 0. The number of carbonyl (C=O) groups is 1. The minimum Gasteiger partial charge on any atom is -0.652 e. The fourth-order valence-corrected chi connectivity index (χ4v) is 0. The zero-order valence-corrected chi connectivity index (χ0v) is 5.93. The van der Waals surface area contributed by atoms with Gasteiger partial charge >= 0.3 is 39.4 Å². The van der Waals surface area contributed by atoms with Gasteiger partial charge in [-0.15, -0.1) is 0 Å². The van der Waals surface area contributed by atoms with Crippen LogP contribution in [0.3, 0.4) is 0 Å². The molecule has 0 bridgehead atoms. The molecule has 0 saturated heterocycles. The summed E-state index contributed by atoms with van der Waals surface area (Å²) in [5, 5.41) is 16.7. The van der Waals surface area contributed by atoms with Gasteiger partial charge in [-0.1, -0.05) is 0 Å². The first-order valence-corrected chi connectivity index (χ1v) is 0.612. The second-order valence-corrected chi connectivity index (χ2v) is 0.250. The van der Waals surface area contributed by atoms with Gasteiger partial charge in [-0.2, -0.15) is 0 Å². The fourth-order valence-electron chi connectivity index (χ4n) is 0. The quantitative estimate of drug-likeness (QED) is 0.415. The van der Waals surface area contributed by atoms with E-state index >= 15 is 0 Å². The molecule has 0 fully saturated rings. The summed E-state index contributed by atoms with van der Waals surface area (Å²) in [7, 11) is 0. The Balaban J connectivity index is -0.0000000450. The molecule has 0 aromatic rings. The Hall–Kier alpha value is 0.530. The molecule has 0 saturated carbocycles. The molecular weight excluding hydrogens is 208 g/mol. The number of carboxylic acid groups (broad SMARTS) is 2. The molecule has 0 aromatic carbocycles.